The molecule has 0 spiro atoms. The molecule has 4 rings (SSSR count). The Bertz CT molecular complexity index is 1490. The van der Waals surface area contributed by atoms with E-state index in [4.69, 9.17) is 14.5 Å². The van der Waals surface area contributed by atoms with Crippen molar-refractivity contribution in [2.75, 3.05) is 0 Å². The lowest BCUT2D eigenvalue weighted by Crippen LogP contribution is -2.14. The van der Waals surface area contributed by atoms with Gasteiger partial charge in [0.05, 0.1) is 16.7 Å². The molecule has 4 N–H and O–H groups in total. The highest BCUT2D eigenvalue weighted by molar-refractivity contribution is 6.04. The second kappa shape index (κ2) is 10.0. The highest BCUT2D eigenvalue weighted by Crippen LogP contribution is 2.34. The summed E-state index contributed by atoms with van der Waals surface area (Å²) in [7, 11) is 0. The van der Waals surface area contributed by atoms with Gasteiger partial charge in [-0.25, -0.2) is 14.4 Å². The summed E-state index contributed by atoms with van der Waals surface area (Å²) in [5, 5.41) is 38.9. The van der Waals surface area contributed by atoms with Crippen molar-refractivity contribution >= 4 is 28.7 Å². The van der Waals surface area contributed by atoms with Crippen LogP contribution >= 0.6 is 0 Å². The number of fused-ring (bicyclic) bond motifs is 1. The molecule has 36 heavy (non-hydrogen) atoms. The molecule has 0 aliphatic carbocycles. The van der Waals surface area contributed by atoms with Crippen LogP contribution in [-0.4, -0.2) is 38.3 Å². The van der Waals surface area contributed by atoms with Gasteiger partial charge in [-0.2, -0.15) is 4.89 Å². The van der Waals surface area contributed by atoms with Crippen molar-refractivity contribution in [1.82, 2.24) is 0 Å². The van der Waals surface area contributed by atoms with E-state index in [0.29, 0.717) is 10.8 Å². The number of carboxylic acids is 2. The summed E-state index contributed by atoms with van der Waals surface area (Å²) in [6.07, 6.45) is 0. The monoisotopic (exact) mass is 490 g/mol. The van der Waals surface area contributed by atoms with E-state index in [9.17, 15) is 34.8 Å². The average molecular weight is 490 g/mol. The van der Waals surface area contributed by atoms with Gasteiger partial charge in [0, 0.05) is 16.3 Å². The summed E-state index contributed by atoms with van der Waals surface area (Å²) in [4.78, 5) is 46.2. The zero-order chi connectivity index (χ0) is 25.8. The van der Waals surface area contributed by atoms with Crippen LogP contribution in [0, 0.1) is 0 Å². The molecule has 0 fully saturated rings. The third kappa shape index (κ3) is 5.03. The molecular weight excluding hydrogens is 472 g/mol. The fourth-order valence-electron chi connectivity index (χ4n) is 3.51. The number of aromatic hydroxyl groups is 2. The lowest BCUT2D eigenvalue weighted by atomic mass is 10.1. The minimum absolute atomic E-state index is 0.0591. The molecule has 10 heteroatoms. The number of hydrogen-bond donors (Lipinski definition) is 4. The third-order valence-corrected chi connectivity index (χ3v) is 5.18. The number of phenols is 2. The second-order valence-corrected chi connectivity index (χ2v) is 7.52. The molecule has 0 aliphatic heterocycles. The normalized spacial score (nSPS) is 10.7. The van der Waals surface area contributed by atoms with E-state index in [-0.39, 0.29) is 51.9 Å². The van der Waals surface area contributed by atoms with E-state index in [1.54, 1.807) is 24.3 Å². The molecule has 182 valence electrons. The maximum absolute atomic E-state index is 12.7. The Kier molecular flexibility index (Phi) is 6.70. The Balaban J connectivity index is 1.58. The van der Waals surface area contributed by atoms with Gasteiger partial charge in [0.15, 0.2) is 5.75 Å². The zero-order valence-corrected chi connectivity index (χ0v) is 18.4. The number of rotatable bonds is 8. The number of hydrogen-bond acceptors (Lipinski definition) is 8. The predicted octanol–water partition coefficient (Wildman–Crippen LogP) is 4.38. The van der Waals surface area contributed by atoms with Gasteiger partial charge < -0.3 is 30.1 Å². The van der Waals surface area contributed by atoms with Gasteiger partial charge in [0.25, 0.3) is 0 Å². The molecule has 0 unspecified atom stereocenters. The van der Waals surface area contributed by atoms with Crippen LogP contribution in [0.3, 0.4) is 0 Å². The van der Waals surface area contributed by atoms with E-state index in [0.717, 1.165) is 18.2 Å². The van der Waals surface area contributed by atoms with Crippen LogP contribution in [0.15, 0.2) is 72.8 Å². The van der Waals surface area contributed by atoms with Crippen LogP contribution in [0.5, 0.6) is 23.0 Å². The largest absolute Gasteiger partial charge is 0.508 e. The van der Waals surface area contributed by atoms with Gasteiger partial charge in [-0.3, -0.25) is 0 Å². The van der Waals surface area contributed by atoms with Crippen molar-refractivity contribution in [3.05, 3.63) is 95.1 Å². The quantitative estimate of drug-likeness (QED) is 0.121. The zero-order valence-electron chi connectivity index (χ0n) is 18.4. The molecule has 0 heterocycles. The SMILES string of the molecule is O=C(O)c1ccc(O)cc1COOc1ccc(OC(=O)c2cc(O)ccc2C(=O)O)c2ccccc12. The molecule has 0 bridgehead atoms. The van der Waals surface area contributed by atoms with Crippen LogP contribution in [0.1, 0.15) is 36.6 Å². The van der Waals surface area contributed by atoms with Gasteiger partial charge in [-0.1, -0.05) is 24.3 Å². The number of aromatic carboxylic acids is 2. The first-order valence-electron chi connectivity index (χ1n) is 10.4. The summed E-state index contributed by atoms with van der Waals surface area (Å²) in [5.41, 5.74) is -0.521. The van der Waals surface area contributed by atoms with Gasteiger partial charge >= 0.3 is 17.9 Å². The van der Waals surface area contributed by atoms with Crippen molar-refractivity contribution in [3.8, 4) is 23.0 Å². The number of carbonyl (C=O) groups excluding carboxylic acids is 1. The molecule has 4 aromatic rings. The fraction of sp³-hybridized carbons (Fsp3) is 0.0385. The Hall–Kier alpha value is -5.09. The van der Waals surface area contributed by atoms with Crippen molar-refractivity contribution < 1.29 is 49.3 Å². The van der Waals surface area contributed by atoms with E-state index in [1.807, 2.05) is 0 Å². The van der Waals surface area contributed by atoms with E-state index in [1.165, 1.54) is 30.3 Å². The Morgan fingerprint density at radius 3 is 1.92 bits per heavy atom. The first kappa shape index (κ1) is 24.0. The number of esters is 1. The van der Waals surface area contributed by atoms with Crippen LogP contribution in [-0.2, 0) is 11.5 Å². The predicted molar refractivity (Wildman–Crippen MR) is 124 cm³/mol. The van der Waals surface area contributed by atoms with Crippen LogP contribution in [0.25, 0.3) is 10.8 Å². The number of phenolic OH excluding ortho intramolecular Hbond substituents is 2. The van der Waals surface area contributed by atoms with Crippen LogP contribution < -0.4 is 9.62 Å². The smallest absolute Gasteiger partial charge is 0.344 e. The standard InChI is InChI=1S/C26H18O10/c27-15-5-7-17(24(29)30)14(11-15)13-34-36-23-10-9-22(18-3-1-2-4-19(18)23)35-26(33)21-12-16(28)6-8-20(21)25(31)32/h1-12,27-28H,13H2,(H,29,30)(H,31,32). The Labute approximate surface area is 203 Å². The minimum Gasteiger partial charge on any atom is -0.508 e. The number of ether oxygens (including phenoxy) is 1. The minimum atomic E-state index is -1.36. The summed E-state index contributed by atoms with van der Waals surface area (Å²) >= 11 is 0. The molecular formula is C26H18O10. The van der Waals surface area contributed by atoms with Crippen molar-refractivity contribution in [1.29, 1.82) is 0 Å². The van der Waals surface area contributed by atoms with Crippen molar-refractivity contribution in [3.63, 3.8) is 0 Å². The molecule has 10 nitrogen and oxygen atoms in total. The first-order chi connectivity index (χ1) is 17.2. The fourth-order valence-corrected chi connectivity index (χ4v) is 3.51. The van der Waals surface area contributed by atoms with E-state index in [2.05, 4.69) is 0 Å². The lowest BCUT2D eigenvalue weighted by Gasteiger charge is -2.13. The average Bonchev–Trinajstić information content (AvgIpc) is 2.84. The van der Waals surface area contributed by atoms with Gasteiger partial charge in [0.2, 0.25) is 0 Å². The molecule has 0 saturated heterocycles. The maximum Gasteiger partial charge on any atom is 0.344 e. The number of carbonyl (C=O) groups is 3. The molecule has 0 aromatic heterocycles. The van der Waals surface area contributed by atoms with Crippen LogP contribution in [0.2, 0.25) is 0 Å². The molecule has 0 amide bonds. The topological polar surface area (TPSA) is 160 Å². The number of benzene rings is 4. The Morgan fingerprint density at radius 2 is 1.25 bits per heavy atom. The van der Waals surface area contributed by atoms with Gasteiger partial charge in [0.1, 0.15) is 23.9 Å². The summed E-state index contributed by atoms with van der Waals surface area (Å²) in [5.74, 6) is -3.63. The summed E-state index contributed by atoms with van der Waals surface area (Å²) in [6, 6.07) is 16.6. The number of carboxylic acid groups (broad SMARTS) is 2. The summed E-state index contributed by atoms with van der Waals surface area (Å²) < 4.78 is 5.44. The third-order valence-electron chi connectivity index (χ3n) is 5.18. The van der Waals surface area contributed by atoms with E-state index >= 15 is 0 Å². The van der Waals surface area contributed by atoms with Crippen molar-refractivity contribution in [2.24, 2.45) is 0 Å². The molecule has 4 aromatic carbocycles. The Morgan fingerprint density at radius 1 is 0.667 bits per heavy atom. The maximum atomic E-state index is 12.7. The van der Waals surface area contributed by atoms with Crippen molar-refractivity contribution in [2.45, 2.75) is 6.61 Å². The summed E-state index contributed by atoms with van der Waals surface area (Å²) in [6.45, 7) is -0.281. The highest BCUT2D eigenvalue weighted by atomic mass is 17.2. The molecule has 0 saturated carbocycles. The molecule has 0 radical (unpaired) electrons. The lowest BCUT2D eigenvalue weighted by molar-refractivity contribution is -0.216. The second-order valence-electron chi connectivity index (χ2n) is 7.52. The van der Waals surface area contributed by atoms with Gasteiger partial charge in [-0.05, 0) is 48.5 Å². The van der Waals surface area contributed by atoms with E-state index < -0.39 is 17.9 Å². The van der Waals surface area contributed by atoms with Crippen LogP contribution in [0.4, 0.5) is 0 Å². The molecule has 0 aliphatic rings. The molecule has 0 atom stereocenters. The van der Waals surface area contributed by atoms with Gasteiger partial charge in [-0.15, -0.1) is 0 Å². The highest BCUT2D eigenvalue weighted by Gasteiger charge is 2.21. The first-order valence-corrected chi connectivity index (χ1v) is 10.4.